The topological polar surface area (TPSA) is 0 Å². The first kappa shape index (κ1) is 14.6. The molecule has 0 aliphatic rings. The highest BCUT2D eigenvalue weighted by Crippen LogP contribution is 2.17. The Morgan fingerprint density at radius 2 is 1.80 bits per heavy atom. The van der Waals surface area contributed by atoms with Gasteiger partial charge in [0.25, 0.3) is 0 Å². The van der Waals surface area contributed by atoms with Crippen LogP contribution in [0.15, 0.2) is 29.8 Å². The molecule has 0 unspecified atom stereocenters. The van der Waals surface area contributed by atoms with Crippen LogP contribution in [-0.4, -0.2) is 0 Å². The molecule has 0 aliphatic heterocycles. The Kier molecular flexibility index (Phi) is 4.13. The quantitative estimate of drug-likeness (QED) is 0.758. The van der Waals surface area contributed by atoms with E-state index in [2.05, 4.69) is 71.5 Å². The molecule has 0 N–H and O–H groups in total. The third kappa shape index (κ3) is 2.56. The van der Waals surface area contributed by atoms with E-state index < -0.39 is 0 Å². The maximum absolute atomic E-state index is 4.30. The molecule has 0 atom stereocenters. The average molecular weight is 264 g/mol. The van der Waals surface area contributed by atoms with Crippen LogP contribution in [0.2, 0.25) is 0 Å². The Balaban J connectivity index is 2.94. The Labute approximate surface area is 122 Å². The molecule has 0 saturated heterocycles. The van der Waals surface area contributed by atoms with Crippen LogP contribution in [0, 0.1) is 20.8 Å². The summed E-state index contributed by atoms with van der Waals surface area (Å²) in [4.78, 5) is 0. The summed E-state index contributed by atoms with van der Waals surface area (Å²) < 4.78 is 0. The Morgan fingerprint density at radius 1 is 1.10 bits per heavy atom. The van der Waals surface area contributed by atoms with Crippen LogP contribution < -0.4 is 10.4 Å². The van der Waals surface area contributed by atoms with E-state index in [0.717, 1.165) is 11.6 Å². The van der Waals surface area contributed by atoms with Gasteiger partial charge in [-0.25, -0.2) is 0 Å². The lowest BCUT2D eigenvalue weighted by molar-refractivity contribution is 1.10. The Morgan fingerprint density at radius 3 is 2.45 bits per heavy atom. The third-order valence-electron chi connectivity index (χ3n) is 4.30. The largest absolute Gasteiger partial charge is 0.0909 e. The minimum absolute atomic E-state index is 1.09. The molecular weight excluding hydrogens is 240 g/mol. The zero-order chi connectivity index (χ0) is 14.9. The molecule has 0 aliphatic carbocycles. The van der Waals surface area contributed by atoms with Gasteiger partial charge >= 0.3 is 0 Å². The van der Waals surface area contributed by atoms with E-state index in [0.29, 0.717) is 0 Å². The first-order chi connectivity index (χ1) is 9.45. The lowest BCUT2D eigenvalue weighted by Crippen LogP contribution is -2.27. The van der Waals surface area contributed by atoms with Gasteiger partial charge in [0, 0.05) is 0 Å². The zero-order valence-corrected chi connectivity index (χ0v) is 13.3. The molecule has 0 saturated carbocycles. The second-order valence-electron chi connectivity index (χ2n) is 5.72. The van der Waals surface area contributed by atoms with Gasteiger partial charge in [-0.1, -0.05) is 55.0 Å². The molecule has 0 spiro atoms. The molecule has 0 fully saturated rings. The number of hydrogen-bond acceptors (Lipinski definition) is 0. The van der Waals surface area contributed by atoms with Crippen molar-refractivity contribution in [3.8, 4) is 0 Å². The van der Waals surface area contributed by atoms with Gasteiger partial charge in [-0.2, -0.15) is 0 Å². The van der Waals surface area contributed by atoms with Crippen LogP contribution in [0.1, 0.15) is 37.0 Å². The number of aryl methyl sites for hydroxylation is 2. The normalized spacial score (nSPS) is 13.2. The van der Waals surface area contributed by atoms with E-state index in [1.54, 1.807) is 0 Å². The Hall–Kier alpha value is -1.82. The zero-order valence-electron chi connectivity index (χ0n) is 13.3. The van der Waals surface area contributed by atoms with Crippen LogP contribution in [0.25, 0.3) is 23.4 Å². The van der Waals surface area contributed by atoms with E-state index >= 15 is 0 Å². The second kappa shape index (κ2) is 5.66. The molecule has 0 bridgehead atoms. The van der Waals surface area contributed by atoms with Crippen molar-refractivity contribution >= 4 is 23.4 Å². The van der Waals surface area contributed by atoms with Gasteiger partial charge in [0.05, 0.1) is 0 Å². The van der Waals surface area contributed by atoms with Crippen LogP contribution in [0.5, 0.6) is 0 Å². The highest BCUT2D eigenvalue weighted by atomic mass is 14.1. The van der Waals surface area contributed by atoms with Crippen molar-refractivity contribution in [3.05, 3.63) is 57.0 Å². The van der Waals surface area contributed by atoms with Crippen molar-refractivity contribution in [2.75, 3.05) is 0 Å². The number of fused-ring (bicyclic) bond motifs is 1. The van der Waals surface area contributed by atoms with Gasteiger partial charge < -0.3 is 0 Å². The number of allylic oxidation sites excluding steroid dienone is 2. The molecular formula is C20H24. The smallest absolute Gasteiger partial charge is 0.0103 e. The van der Waals surface area contributed by atoms with Gasteiger partial charge in [0.2, 0.25) is 0 Å². The van der Waals surface area contributed by atoms with Crippen molar-refractivity contribution in [2.45, 2.75) is 41.0 Å². The summed E-state index contributed by atoms with van der Waals surface area (Å²) in [5.41, 5.74) is 5.35. The van der Waals surface area contributed by atoms with E-state index in [4.69, 9.17) is 0 Å². The number of hydrogen-bond donors (Lipinski definition) is 0. The predicted molar refractivity (Wildman–Crippen MR) is 91.4 cm³/mol. The average Bonchev–Trinajstić information content (AvgIpc) is 2.45. The molecule has 2 rings (SSSR count). The molecule has 0 nitrogen and oxygen atoms in total. The minimum atomic E-state index is 1.09. The van der Waals surface area contributed by atoms with Crippen LogP contribution in [0.4, 0.5) is 0 Å². The van der Waals surface area contributed by atoms with Crippen molar-refractivity contribution < 1.29 is 0 Å². The van der Waals surface area contributed by atoms with Gasteiger partial charge in [-0.3, -0.25) is 0 Å². The lowest BCUT2D eigenvalue weighted by Gasteiger charge is -2.09. The predicted octanol–water partition coefficient (Wildman–Crippen LogP) is 4.31. The van der Waals surface area contributed by atoms with E-state index in [1.807, 2.05) is 0 Å². The van der Waals surface area contributed by atoms with E-state index in [-0.39, 0.29) is 0 Å². The van der Waals surface area contributed by atoms with Crippen molar-refractivity contribution in [1.29, 1.82) is 0 Å². The van der Waals surface area contributed by atoms with E-state index in [1.165, 1.54) is 38.3 Å². The summed E-state index contributed by atoms with van der Waals surface area (Å²) in [6, 6.07) is 6.70. The van der Waals surface area contributed by atoms with Crippen molar-refractivity contribution in [2.24, 2.45) is 0 Å². The molecule has 0 aromatic heterocycles. The van der Waals surface area contributed by atoms with E-state index in [9.17, 15) is 0 Å². The maximum Gasteiger partial charge on any atom is -0.0103 e. The summed E-state index contributed by atoms with van der Waals surface area (Å²) >= 11 is 0. The molecule has 0 amide bonds. The molecule has 20 heavy (non-hydrogen) atoms. The molecule has 2 aromatic rings. The van der Waals surface area contributed by atoms with Crippen molar-refractivity contribution in [1.82, 2.24) is 0 Å². The highest BCUT2D eigenvalue weighted by Gasteiger charge is 2.04. The SMILES string of the molecule is C=c1c(C)c(C)c2cc(C)ccc2c1=CC=C(C)CC. The lowest BCUT2D eigenvalue weighted by atomic mass is 9.95. The molecule has 0 radical (unpaired) electrons. The van der Waals surface area contributed by atoms with Gasteiger partial charge in [0.15, 0.2) is 0 Å². The monoisotopic (exact) mass is 264 g/mol. The summed E-state index contributed by atoms with van der Waals surface area (Å²) in [5, 5.41) is 5.07. The van der Waals surface area contributed by atoms with Crippen molar-refractivity contribution in [3.63, 3.8) is 0 Å². The first-order valence-electron chi connectivity index (χ1n) is 7.31. The van der Waals surface area contributed by atoms with Crippen LogP contribution in [-0.2, 0) is 0 Å². The standard InChI is InChI=1S/C20H24/c1-7-13(2)8-10-18-16(5)15(4)17(6)20-12-14(3)9-11-19(18)20/h8-12H,5,7H2,1-4,6H3. The summed E-state index contributed by atoms with van der Waals surface area (Å²) in [5.74, 6) is 0. The van der Waals surface area contributed by atoms with Crippen LogP contribution >= 0.6 is 0 Å². The highest BCUT2D eigenvalue weighted by molar-refractivity contribution is 5.88. The fraction of sp³-hybridized carbons (Fsp3) is 0.300. The van der Waals surface area contributed by atoms with Crippen LogP contribution in [0.3, 0.4) is 0 Å². The summed E-state index contributed by atoms with van der Waals surface area (Å²) in [6.07, 6.45) is 5.54. The third-order valence-corrected chi connectivity index (χ3v) is 4.30. The minimum Gasteiger partial charge on any atom is -0.0909 e. The summed E-state index contributed by atoms with van der Waals surface area (Å²) in [6.45, 7) is 15.2. The second-order valence-corrected chi connectivity index (χ2v) is 5.72. The number of rotatable bonds is 2. The molecule has 2 aromatic carbocycles. The molecule has 104 valence electrons. The molecule has 0 heterocycles. The van der Waals surface area contributed by atoms with Gasteiger partial charge in [0.1, 0.15) is 0 Å². The number of benzene rings is 2. The van der Waals surface area contributed by atoms with Gasteiger partial charge in [-0.15, -0.1) is 0 Å². The fourth-order valence-corrected chi connectivity index (χ4v) is 2.53. The first-order valence-corrected chi connectivity index (χ1v) is 7.31. The molecule has 0 heteroatoms. The summed E-state index contributed by atoms with van der Waals surface area (Å²) in [7, 11) is 0. The Bertz CT molecular complexity index is 789. The van der Waals surface area contributed by atoms with Gasteiger partial charge in [-0.05, 0) is 66.5 Å². The fourth-order valence-electron chi connectivity index (χ4n) is 2.53. The maximum atomic E-state index is 4.30.